The molecule has 0 aliphatic rings. The minimum atomic E-state index is 0.385. The van der Waals surface area contributed by atoms with E-state index >= 15 is 0 Å². The molecule has 2 aromatic heterocycles. The summed E-state index contributed by atoms with van der Waals surface area (Å²) in [6.07, 6.45) is 2.32. The van der Waals surface area contributed by atoms with Crippen molar-refractivity contribution in [2.24, 2.45) is 0 Å². The highest BCUT2D eigenvalue weighted by atomic mass is 16.5. The number of ether oxygens (including phenoxy) is 3. The fourth-order valence-electron chi connectivity index (χ4n) is 2.19. The summed E-state index contributed by atoms with van der Waals surface area (Å²) in [5, 5.41) is 4.13. The number of fused-ring (bicyclic) bond motifs is 1. The van der Waals surface area contributed by atoms with Crippen LogP contribution in [-0.2, 0) is 22.5 Å². The van der Waals surface area contributed by atoms with Gasteiger partial charge in [-0.05, 0) is 24.1 Å². The van der Waals surface area contributed by atoms with Gasteiger partial charge in [0.1, 0.15) is 12.1 Å². The Bertz CT molecular complexity index is 771. The minimum absolute atomic E-state index is 0.385. The van der Waals surface area contributed by atoms with Crippen molar-refractivity contribution in [3.05, 3.63) is 47.9 Å². The molecule has 0 aliphatic heterocycles. The zero-order valence-corrected chi connectivity index (χ0v) is 13.1. The van der Waals surface area contributed by atoms with Gasteiger partial charge in [-0.2, -0.15) is 14.6 Å². The number of aromatic nitrogens is 4. The molecule has 0 aliphatic carbocycles. The van der Waals surface area contributed by atoms with E-state index in [9.17, 15) is 0 Å². The molecule has 120 valence electrons. The summed E-state index contributed by atoms with van der Waals surface area (Å²) < 4.78 is 17.7. The number of hydrogen-bond donors (Lipinski definition) is 0. The van der Waals surface area contributed by atoms with Crippen LogP contribution >= 0.6 is 0 Å². The summed E-state index contributed by atoms with van der Waals surface area (Å²) in [5.41, 5.74) is 1.93. The fraction of sp³-hybridized carbons (Fsp3) is 0.312. The first kappa shape index (κ1) is 15.4. The molecule has 7 heteroatoms. The van der Waals surface area contributed by atoms with Crippen molar-refractivity contribution in [2.45, 2.75) is 13.0 Å². The maximum atomic E-state index is 5.93. The van der Waals surface area contributed by atoms with Crippen LogP contribution in [-0.4, -0.2) is 40.4 Å². The molecule has 0 unspecified atom stereocenters. The predicted molar refractivity (Wildman–Crippen MR) is 83.6 cm³/mol. The van der Waals surface area contributed by atoms with Gasteiger partial charge in [0.25, 0.3) is 5.78 Å². The molecule has 0 spiro atoms. The van der Waals surface area contributed by atoms with E-state index in [1.807, 2.05) is 24.3 Å². The van der Waals surface area contributed by atoms with E-state index in [1.165, 1.54) is 11.9 Å². The molecule has 23 heavy (non-hydrogen) atoms. The summed E-state index contributed by atoms with van der Waals surface area (Å²) in [6, 6.07) is 9.67. The average molecular weight is 314 g/mol. The highest BCUT2D eigenvalue weighted by Gasteiger charge is 2.09. The molecule has 0 N–H and O–H groups in total. The van der Waals surface area contributed by atoms with Gasteiger partial charge in [-0.25, -0.2) is 4.98 Å². The summed E-state index contributed by atoms with van der Waals surface area (Å²) >= 11 is 0. The Morgan fingerprint density at radius 3 is 2.65 bits per heavy atom. The Labute approximate surface area is 133 Å². The largest absolute Gasteiger partial charge is 0.439 e. The molecule has 3 aromatic rings. The normalized spacial score (nSPS) is 11.0. The van der Waals surface area contributed by atoms with Gasteiger partial charge in [0, 0.05) is 20.3 Å². The Balaban J connectivity index is 1.84. The summed E-state index contributed by atoms with van der Waals surface area (Å²) in [4.78, 5) is 8.45. The van der Waals surface area contributed by atoms with Crippen LogP contribution in [0.5, 0.6) is 11.6 Å². The molecular formula is C16H18N4O3. The number of benzene rings is 1. The van der Waals surface area contributed by atoms with Crippen molar-refractivity contribution < 1.29 is 14.2 Å². The van der Waals surface area contributed by atoms with E-state index in [0.29, 0.717) is 24.9 Å². The van der Waals surface area contributed by atoms with E-state index in [0.717, 1.165) is 17.9 Å². The molecule has 0 saturated heterocycles. The van der Waals surface area contributed by atoms with Gasteiger partial charge >= 0.3 is 0 Å². The van der Waals surface area contributed by atoms with E-state index in [4.69, 9.17) is 14.2 Å². The van der Waals surface area contributed by atoms with Crippen LogP contribution in [0.3, 0.4) is 0 Å². The van der Waals surface area contributed by atoms with Gasteiger partial charge in [-0.3, -0.25) is 0 Å². The zero-order valence-electron chi connectivity index (χ0n) is 13.1. The van der Waals surface area contributed by atoms with Crippen molar-refractivity contribution in [3.8, 4) is 11.6 Å². The van der Waals surface area contributed by atoms with Gasteiger partial charge in [-0.1, -0.05) is 12.1 Å². The highest BCUT2D eigenvalue weighted by Crippen LogP contribution is 2.23. The summed E-state index contributed by atoms with van der Waals surface area (Å²) in [7, 11) is 3.32. The fourth-order valence-corrected chi connectivity index (χ4v) is 2.19. The molecule has 0 saturated carbocycles. The lowest BCUT2D eigenvalue weighted by atomic mass is 10.1. The van der Waals surface area contributed by atoms with Crippen molar-refractivity contribution in [3.63, 3.8) is 0 Å². The summed E-state index contributed by atoms with van der Waals surface area (Å²) in [5.74, 6) is 1.74. The smallest absolute Gasteiger partial charge is 0.255 e. The van der Waals surface area contributed by atoms with Gasteiger partial charge in [-0.15, -0.1) is 0 Å². The van der Waals surface area contributed by atoms with Gasteiger partial charge < -0.3 is 14.2 Å². The van der Waals surface area contributed by atoms with E-state index < -0.39 is 0 Å². The topological polar surface area (TPSA) is 70.8 Å². The summed E-state index contributed by atoms with van der Waals surface area (Å²) in [6.45, 7) is 1.08. The second kappa shape index (κ2) is 7.17. The van der Waals surface area contributed by atoms with Crippen LogP contribution in [0.4, 0.5) is 0 Å². The molecule has 0 bridgehead atoms. The second-order valence-electron chi connectivity index (χ2n) is 4.98. The van der Waals surface area contributed by atoms with E-state index in [2.05, 4.69) is 15.1 Å². The first-order valence-electron chi connectivity index (χ1n) is 7.24. The molecule has 7 nitrogen and oxygen atoms in total. The first-order valence-corrected chi connectivity index (χ1v) is 7.24. The third-order valence-electron chi connectivity index (χ3n) is 3.31. The average Bonchev–Trinajstić information content (AvgIpc) is 3.03. The van der Waals surface area contributed by atoms with Crippen molar-refractivity contribution in [1.82, 2.24) is 19.6 Å². The molecule has 0 fully saturated rings. The highest BCUT2D eigenvalue weighted by molar-refractivity contribution is 5.36. The lowest BCUT2D eigenvalue weighted by Gasteiger charge is -2.09. The maximum absolute atomic E-state index is 5.93. The van der Waals surface area contributed by atoms with Crippen LogP contribution in [0, 0.1) is 0 Å². The van der Waals surface area contributed by atoms with Crippen molar-refractivity contribution >= 4 is 5.78 Å². The van der Waals surface area contributed by atoms with E-state index in [1.54, 1.807) is 24.8 Å². The Hall–Kier alpha value is -2.51. The van der Waals surface area contributed by atoms with Crippen LogP contribution in [0.2, 0.25) is 0 Å². The van der Waals surface area contributed by atoms with Gasteiger partial charge in [0.2, 0.25) is 5.88 Å². The van der Waals surface area contributed by atoms with Crippen LogP contribution in [0.25, 0.3) is 5.78 Å². The van der Waals surface area contributed by atoms with Gasteiger partial charge in [0.15, 0.2) is 0 Å². The number of methoxy groups -OCH3 is 2. The number of nitrogens with zero attached hydrogens (tertiary/aromatic N) is 4. The lowest BCUT2D eigenvalue weighted by molar-refractivity contribution is 0.181. The number of hydrogen-bond acceptors (Lipinski definition) is 6. The van der Waals surface area contributed by atoms with Crippen LogP contribution in [0.1, 0.15) is 11.3 Å². The third kappa shape index (κ3) is 3.64. The maximum Gasteiger partial charge on any atom is 0.255 e. The zero-order chi connectivity index (χ0) is 16.1. The van der Waals surface area contributed by atoms with Crippen LogP contribution in [0.15, 0.2) is 36.7 Å². The first-order chi connectivity index (χ1) is 11.3. The molecule has 2 heterocycles. The third-order valence-corrected chi connectivity index (χ3v) is 3.31. The monoisotopic (exact) mass is 314 g/mol. The Morgan fingerprint density at radius 2 is 1.91 bits per heavy atom. The molecule has 1 aromatic carbocycles. The second-order valence-corrected chi connectivity index (χ2v) is 4.98. The van der Waals surface area contributed by atoms with Gasteiger partial charge in [0.05, 0.1) is 18.9 Å². The molecular weight excluding hydrogens is 296 g/mol. The van der Waals surface area contributed by atoms with Crippen LogP contribution < -0.4 is 4.74 Å². The van der Waals surface area contributed by atoms with E-state index in [-0.39, 0.29) is 0 Å². The minimum Gasteiger partial charge on any atom is -0.439 e. The SMILES string of the molecule is COCCc1ccc(Oc2cc(COC)nc3ncnn23)cc1. The van der Waals surface area contributed by atoms with Crippen molar-refractivity contribution in [1.29, 1.82) is 0 Å². The quantitative estimate of drug-likeness (QED) is 0.666. The standard InChI is InChI=1S/C16H18N4O3/c1-21-8-7-12-3-5-14(6-4-12)23-15-9-13(10-22-2)19-16-17-11-18-20(15)16/h3-6,9,11H,7-8,10H2,1-2H3. The molecule has 0 amide bonds. The molecule has 0 radical (unpaired) electrons. The molecule has 3 rings (SSSR count). The Kier molecular flexibility index (Phi) is 4.80. The predicted octanol–water partition coefficient (Wildman–Crippen LogP) is 2.25. The Morgan fingerprint density at radius 1 is 1.09 bits per heavy atom. The van der Waals surface area contributed by atoms with Crippen molar-refractivity contribution in [2.75, 3.05) is 20.8 Å². The molecule has 0 atom stereocenters. The lowest BCUT2D eigenvalue weighted by Crippen LogP contribution is -2.02. The number of rotatable bonds is 7.